The van der Waals surface area contributed by atoms with Crippen LogP contribution in [0.4, 0.5) is 10.1 Å². The van der Waals surface area contributed by atoms with Crippen LogP contribution in [0, 0.1) is 5.82 Å². The predicted molar refractivity (Wildman–Crippen MR) is 96.8 cm³/mol. The highest BCUT2D eigenvalue weighted by Crippen LogP contribution is 2.44. The minimum atomic E-state index is -0.449. The lowest BCUT2D eigenvalue weighted by Crippen LogP contribution is -2.37. The summed E-state index contributed by atoms with van der Waals surface area (Å²) in [6.45, 7) is 2.34. The van der Waals surface area contributed by atoms with Crippen molar-refractivity contribution < 1.29 is 23.5 Å². The highest BCUT2D eigenvalue weighted by molar-refractivity contribution is 6.06. The van der Waals surface area contributed by atoms with E-state index in [-0.39, 0.29) is 18.9 Å². The summed E-state index contributed by atoms with van der Waals surface area (Å²) in [5.41, 5.74) is 2.07. The van der Waals surface area contributed by atoms with E-state index < -0.39 is 17.7 Å². The number of nitrogens with zero attached hydrogens (tertiary/aromatic N) is 1. The fourth-order valence-corrected chi connectivity index (χ4v) is 3.69. The molecule has 27 heavy (non-hydrogen) atoms. The number of amides is 1. The highest BCUT2D eigenvalue weighted by atomic mass is 19.1. The van der Waals surface area contributed by atoms with Gasteiger partial charge in [-0.25, -0.2) is 9.18 Å². The third-order valence-electron chi connectivity index (χ3n) is 4.78. The van der Waals surface area contributed by atoms with Gasteiger partial charge in [-0.3, -0.25) is 9.69 Å². The minimum Gasteiger partial charge on any atom is -0.494 e. The van der Waals surface area contributed by atoms with E-state index in [0.29, 0.717) is 29.3 Å². The van der Waals surface area contributed by atoms with Gasteiger partial charge in [0.1, 0.15) is 18.2 Å². The number of para-hydroxylation sites is 1. The molecule has 2 aliphatic rings. The Labute approximate surface area is 156 Å². The summed E-state index contributed by atoms with van der Waals surface area (Å²) in [4.78, 5) is 26.8. The Morgan fingerprint density at radius 3 is 2.78 bits per heavy atom. The van der Waals surface area contributed by atoms with Crippen molar-refractivity contribution in [2.75, 3.05) is 18.1 Å². The van der Waals surface area contributed by atoms with Crippen LogP contribution in [-0.4, -0.2) is 25.1 Å². The highest BCUT2D eigenvalue weighted by Gasteiger charge is 2.43. The molecule has 0 bridgehead atoms. The van der Waals surface area contributed by atoms with E-state index in [9.17, 15) is 14.0 Å². The number of benzene rings is 2. The van der Waals surface area contributed by atoms with Crippen molar-refractivity contribution >= 4 is 17.6 Å². The van der Waals surface area contributed by atoms with E-state index in [1.54, 1.807) is 6.07 Å². The van der Waals surface area contributed by atoms with Crippen LogP contribution in [-0.2, 0) is 14.3 Å². The molecule has 2 heterocycles. The lowest BCUT2D eigenvalue weighted by atomic mass is 9.83. The smallest absolute Gasteiger partial charge is 0.336 e. The predicted octanol–water partition coefficient (Wildman–Crippen LogP) is 3.56. The maximum atomic E-state index is 13.7. The molecule has 2 aromatic rings. The Morgan fingerprint density at radius 2 is 2.00 bits per heavy atom. The van der Waals surface area contributed by atoms with Gasteiger partial charge in [0.05, 0.1) is 23.6 Å². The van der Waals surface area contributed by atoms with Crippen molar-refractivity contribution in [3.8, 4) is 5.75 Å². The molecule has 4 rings (SSSR count). The van der Waals surface area contributed by atoms with Crippen molar-refractivity contribution in [1.82, 2.24) is 0 Å². The minimum absolute atomic E-state index is 0.0102. The normalized spacial score (nSPS) is 19.2. The van der Waals surface area contributed by atoms with Crippen LogP contribution in [0.3, 0.4) is 0 Å². The first kappa shape index (κ1) is 17.3. The van der Waals surface area contributed by atoms with Gasteiger partial charge in [-0.2, -0.15) is 0 Å². The van der Waals surface area contributed by atoms with Crippen LogP contribution in [0.1, 0.15) is 24.8 Å². The zero-order chi connectivity index (χ0) is 19.0. The van der Waals surface area contributed by atoms with E-state index in [2.05, 4.69) is 0 Å². The molecule has 0 saturated heterocycles. The Bertz CT molecular complexity index is 953. The molecule has 0 N–H and O–H groups in total. The standard InChI is InChI=1S/C21H18FNO4/c1-2-26-18-9-4-3-8-15(18)16-11-19(24)23(14-7-5-6-13(22)10-14)17-12-27-21(25)20(16)17/h3-10,16H,2,11-12H2,1H3. The van der Waals surface area contributed by atoms with E-state index >= 15 is 0 Å². The summed E-state index contributed by atoms with van der Waals surface area (Å²) in [5.74, 6) is -0.917. The fourth-order valence-electron chi connectivity index (χ4n) is 3.69. The average molecular weight is 367 g/mol. The molecule has 0 fully saturated rings. The molecule has 5 nitrogen and oxygen atoms in total. The maximum absolute atomic E-state index is 13.7. The number of cyclic esters (lactones) is 1. The molecule has 1 atom stereocenters. The quantitative estimate of drug-likeness (QED) is 0.776. The molecule has 2 aromatic carbocycles. The van der Waals surface area contributed by atoms with Crippen LogP contribution in [0.15, 0.2) is 59.8 Å². The van der Waals surface area contributed by atoms with Gasteiger partial charge in [-0.1, -0.05) is 24.3 Å². The van der Waals surface area contributed by atoms with Gasteiger partial charge in [0.25, 0.3) is 0 Å². The largest absolute Gasteiger partial charge is 0.494 e. The second kappa shape index (κ2) is 6.87. The van der Waals surface area contributed by atoms with Gasteiger partial charge >= 0.3 is 5.97 Å². The van der Waals surface area contributed by atoms with Crippen molar-refractivity contribution in [3.63, 3.8) is 0 Å². The molecule has 6 heteroatoms. The molecule has 2 aliphatic heterocycles. The lowest BCUT2D eigenvalue weighted by molar-refractivity contribution is -0.136. The van der Waals surface area contributed by atoms with Gasteiger partial charge in [-0.05, 0) is 31.2 Å². The molecule has 1 unspecified atom stereocenters. The molecule has 1 amide bonds. The van der Waals surface area contributed by atoms with Crippen LogP contribution < -0.4 is 9.64 Å². The van der Waals surface area contributed by atoms with Crippen LogP contribution >= 0.6 is 0 Å². The number of rotatable bonds is 4. The van der Waals surface area contributed by atoms with Crippen LogP contribution in [0.2, 0.25) is 0 Å². The van der Waals surface area contributed by atoms with Gasteiger partial charge in [-0.15, -0.1) is 0 Å². The molecule has 0 aliphatic carbocycles. The third-order valence-corrected chi connectivity index (χ3v) is 4.78. The Kier molecular flexibility index (Phi) is 4.39. The van der Waals surface area contributed by atoms with E-state index in [4.69, 9.17) is 9.47 Å². The number of carbonyl (C=O) groups excluding carboxylic acids is 2. The lowest BCUT2D eigenvalue weighted by Gasteiger charge is -2.32. The number of esters is 1. The van der Waals surface area contributed by atoms with Crippen molar-refractivity contribution in [3.05, 3.63) is 71.2 Å². The maximum Gasteiger partial charge on any atom is 0.336 e. The van der Waals surface area contributed by atoms with Gasteiger partial charge in [0, 0.05) is 17.9 Å². The number of hydrogen-bond acceptors (Lipinski definition) is 4. The molecule has 0 saturated carbocycles. The summed E-state index contributed by atoms with van der Waals surface area (Å²) >= 11 is 0. The molecule has 0 radical (unpaired) electrons. The van der Waals surface area contributed by atoms with Gasteiger partial charge in [0.2, 0.25) is 5.91 Å². The second-order valence-corrected chi connectivity index (χ2v) is 6.37. The molecule has 138 valence electrons. The Morgan fingerprint density at radius 1 is 1.19 bits per heavy atom. The average Bonchev–Trinajstić information content (AvgIpc) is 3.03. The SMILES string of the molecule is CCOc1ccccc1C1CC(=O)N(c2cccc(F)c2)C2=C1C(=O)OC2. The monoisotopic (exact) mass is 367 g/mol. The first-order valence-electron chi connectivity index (χ1n) is 8.80. The first-order chi connectivity index (χ1) is 13.1. The van der Waals surface area contributed by atoms with E-state index in [1.807, 2.05) is 31.2 Å². The number of halogens is 1. The number of anilines is 1. The topological polar surface area (TPSA) is 55.8 Å². The summed E-state index contributed by atoms with van der Waals surface area (Å²) in [5, 5.41) is 0. The van der Waals surface area contributed by atoms with Crippen molar-refractivity contribution in [2.24, 2.45) is 0 Å². The summed E-state index contributed by atoms with van der Waals surface area (Å²) in [6, 6.07) is 13.1. The molecular weight excluding hydrogens is 349 g/mol. The van der Waals surface area contributed by atoms with Gasteiger partial charge < -0.3 is 9.47 Å². The number of carbonyl (C=O) groups is 2. The third kappa shape index (κ3) is 2.97. The Balaban J connectivity index is 1.84. The van der Waals surface area contributed by atoms with Gasteiger partial charge in [0.15, 0.2) is 0 Å². The van der Waals surface area contributed by atoms with Crippen LogP contribution in [0.5, 0.6) is 5.75 Å². The fraction of sp³-hybridized carbons (Fsp3) is 0.238. The molecule has 0 aromatic heterocycles. The van der Waals surface area contributed by atoms with Crippen molar-refractivity contribution in [2.45, 2.75) is 19.3 Å². The Hall–Kier alpha value is -3.15. The molecule has 0 spiro atoms. The molecular formula is C21H18FNO4. The summed E-state index contributed by atoms with van der Waals surface area (Å²) in [6.07, 6.45) is 0.0779. The van der Waals surface area contributed by atoms with Crippen molar-refractivity contribution in [1.29, 1.82) is 0 Å². The van der Waals surface area contributed by atoms with E-state index in [1.165, 1.54) is 23.1 Å². The van der Waals surface area contributed by atoms with E-state index in [0.717, 1.165) is 5.56 Å². The number of hydrogen-bond donors (Lipinski definition) is 0. The zero-order valence-electron chi connectivity index (χ0n) is 14.8. The second-order valence-electron chi connectivity index (χ2n) is 6.37. The number of ether oxygens (including phenoxy) is 2. The zero-order valence-corrected chi connectivity index (χ0v) is 14.8. The first-order valence-corrected chi connectivity index (χ1v) is 8.80. The van der Waals surface area contributed by atoms with Crippen LogP contribution in [0.25, 0.3) is 0 Å². The summed E-state index contributed by atoms with van der Waals surface area (Å²) < 4.78 is 24.6. The summed E-state index contributed by atoms with van der Waals surface area (Å²) in [7, 11) is 0.